The van der Waals surface area contributed by atoms with Gasteiger partial charge in [-0.2, -0.15) is 0 Å². The van der Waals surface area contributed by atoms with Crippen molar-refractivity contribution in [1.82, 2.24) is 15.2 Å². The molecule has 162 valence electrons. The molecular weight excluding hydrogens is 396 g/mol. The number of methoxy groups -OCH3 is 2. The van der Waals surface area contributed by atoms with Crippen LogP contribution in [-0.4, -0.2) is 49.1 Å². The van der Waals surface area contributed by atoms with Gasteiger partial charge in [0.25, 0.3) is 0 Å². The Kier molecular flexibility index (Phi) is 5.97. The van der Waals surface area contributed by atoms with Crippen LogP contribution >= 0.6 is 0 Å². The third-order valence-corrected chi connectivity index (χ3v) is 5.48. The molecule has 3 amide bonds. The summed E-state index contributed by atoms with van der Waals surface area (Å²) in [5.41, 5.74) is 4.02. The lowest BCUT2D eigenvalue weighted by molar-refractivity contribution is -0.116. The number of hydrogen-bond acceptors (Lipinski definition) is 4. The molecule has 1 aromatic heterocycles. The van der Waals surface area contributed by atoms with Crippen LogP contribution in [-0.2, 0) is 17.8 Å². The molecule has 0 radical (unpaired) electrons. The highest BCUT2D eigenvalue weighted by Gasteiger charge is 2.23. The van der Waals surface area contributed by atoms with Gasteiger partial charge in [0.05, 0.1) is 26.5 Å². The number of aromatic nitrogens is 1. The second-order valence-electron chi connectivity index (χ2n) is 7.40. The average Bonchev–Trinajstić information content (AvgIpc) is 3.17. The minimum atomic E-state index is -0.208. The van der Waals surface area contributed by atoms with Crippen molar-refractivity contribution in [2.75, 3.05) is 32.6 Å². The van der Waals surface area contributed by atoms with Crippen molar-refractivity contribution in [3.05, 3.63) is 53.7 Å². The molecule has 4 rings (SSSR count). The summed E-state index contributed by atoms with van der Waals surface area (Å²) < 4.78 is 10.4. The SMILES string of the molecule is COc1ccc(NC(=O)CCNC(=O)N2CCc3c([nH]c4ccccc34)C2)c(OC)c1. The molecule has 2 aromatic carbocycles. The molecule has 0 aliphatic carbocycles. The highest BCUT2D eigenvalue weighted by Crippen LogP contribution is 2.29. The summed E-state index contributed by atoms with van der Waals surface area (Å²) in [6.07, 6.45) is 0.969. The van der Waals surface area contributed by atoms with Crippen LogP contribution in [0.4, 0.5) is 10.5 Å². The number of para-hydroxylation sites is 1. The quantitative estimate of drug-likeness (QED) is 0.568. The zero-order valence-corrected chi connectivity index (χ0v) is 17.7. The maximum atomic E-state index is 12.6. The van der Waals surface area contributed by atoms with Gasteiger partial charge in [-0.05, 0) is 30.2 Å². The lowest BCUT2D eigenvalue weighted by Crippen LogP contribution is -2.43. The first kappa shape index (κ1) is 20.6. The third kappa shape index (κ3) is 4.42. The minimum absolute atomic E-state index is 0.159. The molecule has 2 heterocycles. The average molecular weight is 422 g/mol. The van der Waals surface area contributed by atoms with Gasteiger partial charge >= 0.3 is 6.03 Å². The van der Waals surface area contributed by atoms with E-state index in [4.69, 9.17) is 9.47 Å². The van der Waals surface area contributed by atoms with E-state index in [9.17, 15) is 9.59 Å². The smallest absolute Gasteiger partial charge is 0.317 e. The van der Waals surface area contributed by atoms with Crippen LogP contribution in [0.3, 0.4) is 0 Å². The number of carbonyl (C=O) groups is 2. The summed E-state index contributed by atoms with van der Waals surface area (Å²) >= 11 is 0. The van der Waals surface area contributed by atoms with Crippen molar-refractivity contribution in [3.63, 3.8) is 0 Å². The van der Waals surface area contributed by atoms with E-state index in [1.54, 1.807) is 30.2 Å². The van der Waals surface area contributed by atoms with E-state index in [0.29, 0.717) is 30.3 Å². The Morgan fingerprint density at radius 3 is 2.77 bits per heavy atom. The maximum Gasteiger partial charge on any atom is 0.317 e. The summed E-state index contributed by atoms with van der Waals surface area (Å²) in [6, 6.07) is 13.2. The second-order valence-corrected chi connectivity index (χ2v) is 7.40. The molecule has 0 unspecified atom stereocenters. The lowest BCUT2D eigenvalue weighted by Gasteiger charge is -2.27. The van der Waals surface area contributed by atoms with Crippen LogP contribution in [0.5, 0.6) is 11.5 Å². The fourth-order valence-corrected chi connectivity index (χ4v) is 3.88. The third-order valence-electron chi connectivity index (χ3n) is 5.48. The first-order chi connectivity index (χ1) is 15.1. The van der Waals surface area contributed by atoms with Crippen LogP contribution < -0.4 is 20.1 Å². The van der Waals surface area contributed by atoms with Gasteiger partial charge in [0, 0.05) is 42.2 Å². The fraction of sp³-hybridized carbons (Fsp3) is 0.304. The fourth-order valence-electron chi connectivity index (χ4n) is 3.88. The number of nitrogens with zero attached hydrogens (tertiary/aromatic N) is 1. The highest BCUT2D eigenvalue weighted by molar-refractivity contribution is 5.93. The maximum absolute atomic E-state index is 12.6. The molecule has 0 spiro atoms. The Morgan fingerprint density at radius 2 is 1.97 bits per heavy atom. The van der Waals surface area contributed by atoms with Gasteiger partial charge in [-0.15, -0.1) is 0 Å². The standard InChI is InChI=1S/C23H26N4O4/c1-30-15-7-8-19(21(13-15)31-2)26-22(28)9-11-24-23(29)27-12-10-17-16-5-3-4-6-18(16)25-20(17)14-27/h3-8,13,25H,9-12,14H2,1-2H3,(H,24,29)(H,26,28). The number of hydrogen-bond donors (Lipinski definition) is 3. The Hall–Kier alpha value is -3.68. The number of fused-ring (bicyclic) bond motifs is 3. The Balaban J connectivity index is 1.28. The molecular formula is C23H26N4O4. The number of aromatic amines is 1. The zero-order chi connectivity index (χ0) is 21.8. The number of anilines is 1. The number of nitrogens with one attached hydrogen (secondary N) is 3. The molecule has 3 aromatic rings. The van der Waals surface area contributed by atoms with Crippen LogP contribution in [0, 0.1) is 0 Å². The van der Waals surface area contributed by atoms with Crippen molar-refractivity contribution in [1.29, 1.82) is 0 Å². The van der Waals surface area contributed by atoms with E-state index in [0.717, 1.165) is 17.6 Å². The van der Waals surface area contributed by atoms with E-state index in [1.165, 1.54) is 18.1 Å². The topological polar surface area (TPSA) is 95.7 Å². The monoisotopic (exact) mass is 422 g/mol. The summed E-state index contributed by atoms with van der Waals surface area (Å²) in [4.78, 5) is 30.0. The minimum Gasteiger partial charge on any atom is -0.497 e. The normalized spacial score (nSPS) is 12.9. The summed E-state index contributed by atoms with van der Waals surface area (Å²) in [7, 11) is 3.10. The molecule has 3 N–H and O–H groups in total. The van der Waals surface area contributed by atoms with Crippen LogP contribution in [0.15, 0.2) is 42.5 Å². The van der Waals surface area contributed by atoms with Gasteiger partial charge in [-0.3, -0.25) is 4.79 Å². The lowest BCUT2D eigenvalue weighted by atomic mass is 10.0. The molecule has 0 saturated carbocycles. The zero-order valence-electron chi connectivity index (χ0n) is 17.7. The van der Waals surface area contributed by atoms with E-state index in [-0.39, 0.29) is 24.9 Å². The largest absolute Gasteiger partial charge is 0.497 e. The summed E-state index contributed by atoms with van der Waals surface area (Å²) in [6.45, 7) is 1.43. The van der Waals surface area contributed by atoms with Gasteiger partial charge in [0.15, 0.2) is 0 Å². The number of ether oxygens (including phenoxy) is 2. The molecule has 0 bridgehead atoms. The number of urea groups is 1. The summed E-state index contributed by atoms with van der Waals surface area (Å²) in [5.74, 6) is 0.946. The van der Waals surface area contributed by atoms with Crippen LogP contribution in [0.1, 0.15) is 17.7 Å². The van der Waals surface area contributed by atoms with Crippen molar-refractivity contribution >= 4 is 28.5 Å². The first-order valence-corrected chi connectivity index (χ1v) is 10.2. The molecule has 0 atom stereocenters. The van der Waals surface area contributed by atoms with Crippen molar-refractivity contribution in [2.45, 2.75) is 19.4 Å². The van der Waals surface area contributed by atoms with Crippen LogP contribution in [0.25, 0.3) is 10.9 Å². The second kappa shape index (κ2) is 8.99. The first-order valence-electron chi connectivity index (χ1n) is 10.2. The number of amides is 3. The van der Waals surface area contributed by atoms with Gasteiger partial charge < -0.3 is 30.0 Å². The Bertz CT molecular complexity index is 1110. The van der Waals surface area contributed by atoms with E-state index < -0.39 is 0 Å². The van der Waals surface area contributed by atoms with Crippen molar-refractivity contribution in [3.8, 4) is 11.5 Å². The molecule has 0 saturated heterocycles. The predicted molar refractivity (Wildman–Crippen MR) is 119 cm³/mol. The Morgan fingerprint density at radius 1 is 1.13 bits per heavy atom. The predicted octanol–water partition coefficient (Wildman–Crippen LogP) is 3.28. The Labute approximate surface area is 180 Å². The molecule has 8 heteroatoms. The number of carbonyl (C=O) groups excluding carboxylic acids is 2. The number of H-pyrrole nitrogens is 1. The van der Waals surface area contributed by atoms with Gasteiger partial charge in [-0.1, -0.05) is 18.2 Å². The van der Waals surface area contributed by atoms with Crippen molar-refractivity contribution < 1.29 is 19.1 Å². The van der Waals surface area contributed by atoms with Gasteiger partial charge in [0.1, 0.15) is 11.5 Å². The van der Waals surface area contributed by atoms with Crippen molar-refractivity contribution in [2.24, 2.45) is 0 Å². The summed E-state index contributed by atoms with van der Waals surface area (Å²) in [5, 5.41) is 6.87. The molecule has 0 fully saturated rings. The van der Waals surface area contributed by atoms with Gasteiger partial charge in [-0.25, -0.2) is 4.79 Å². The van der Waals surface area contributed by atoms with E-state index in [1.807, 2.05) is 12.1 Å². The molecule has 31 heavy (non-hydrogen) atoms. The molecule has 1 aliphatic rings. The number of rotatable bonds is 6. The molecule has 8 nitrogen and oxygen atoms in total. The van der Waals surface area contributed by atoms with Crippen LogP contribution in [0.2, 0.25) is 0 Å². The van der Waals surface area contributed by atoms with E-state index >= 15 is 0 Å². The highest BCUT2D eigenvalue weighted by atomic mass is 16.5. The van der Waals surface area contributed by atoms with E-state index in [2.05, 4.69) is 27.8 Å². The van der Waals surface area contributed by atoms with Gasteiger partial charge in [0.2, 0.25) is 5.91 Å². The number of benzene rings is 2. The molecule has 1 aliphatic heterocycles.